The third-order valence-corrected chi connectivity index (χ3v) is 4.65. The summed E-state index contributed by atoms with van der Waals surface area (Å²) >= 11 is 0. The van der Waals surface area contributed by atoms with E-state index in [1.165, 1.54) is 55.9 Å². The fraction of sp³-hybridized carbons (Fsp3) is 0.500. The highest BCUT2D eigenvalue weighted by atomic mass is 14.7. The van der Waals surface area contributed by atoms with Gasteiger partial charge >= 0.3 is 0 Å². The number of rotatable bonds is 2. The molecule has 20 heavy (non-hydrogen) atoms. The van der Waals surface area contributed by atoms with E-state index in [0.717, 1.165) is 5.52 Å². The predicted molar refractivity (Wildman–Crippen MR) is 84.5 cm³/mol. The van der Waals surface area contributed by atoms with Gasteiger partial charge in [-0.2, -0.15) is 0 Å². The van der Waals surface area contributed by atoms with Crippen molar-refractivity contribution in [2.75, 3.05) is 0 Å². The smallest absolute Gasteiger partial charge is 0.0702 e. The molecule has 0 amide bonds. The number of para-hydroxylation sites is 1. The van der Waals surface area contributed by atoms with Gasteiger partial charge in [-0.15, -0.1) is 0 Å². The molecule has 1 aliphatic rings. The number of hydrogen-bond donors (Lipinski definition) is 1. The molecule has 2 nitrogen and oxygen atoms in total. The fourth-order valence-corrected chi connectivity index (χ4v) is 3.39. The molecule has 1 saturated carbocycles. The molecular formula is C18H24N2. The molecule has 0 spiro atoms. The summed E-state index contributed by atoms with van der Waals surface area (Å²) in [6, 6.07) is 10.6. The molecule has 0 saturated heterocycles. The number of fused-ring (bicyclic) bond motifs is 1. The Morgan fingerprint density at radius 2 is 1.70 bits per heavy atom. The summed E-state index contributed by atoms with van der Waals surface area (Å²) < 4.78 is 0. The maximum Gasteiger partial charge on any atom is 0.0702 e. The van der Waals surface area contributed by atoms with Crippen molar-refractivity contribution < 1.29 is 0 Å². The van der Waals surface area contributed by atoms with Crippen LogP contribution in [0.2, 0.25) is 0 Å². The molecule has 2 N–H and O–H groups in total. The normalized spacial score (nSPS) is 19.4. The number of hydrogen-bond acceptors (Lipinski definition) is 2. The molecule has 1 aromatic heterocycles. The van der Waals surface area contributed by atoms with Crippen molar-refractivity contribution in [3.05, 3.63) is 42.1 Å². The second-order valence-electron chi connectivity index (χ2n) is 6.09. The fourth-order valence-electron chi connectivity index (χ4n) is 3.39. The molecule has 0 bridgehead atoms. The van der Waals surface area contributed by atoms with Crippen LogP contribution in [0.3, 0.4) is 0 Å². The molecule has 2 heteroatoms. The van der Waals surface area contributed by atoms with Gasteiger partial charge in [-0.3, -0.25) is 4.98 Å². The van der Waals surface area contributed by atoms with Gasteiger partial charge in [0, 0.05) is 17.6 Å². The second kappa shape index (κ2) is 6.36. The Morgan fingerprint density at radius 1 is 1.00 bits per heavy atom. The van der Waals surface area contributed by atoms with Crippen LogP contribution in [0.25, 0.3) is 10.9 Å². The molecule has 0 aliphatic heterocycles. The highest BCUT2D eigenvalue weighted by Gasteiger charge is 2.20. The second-order valence-corrected chi connectivity index (χ2v) is 6.09. The molecule has 2 aromatic rings. The van der Waals surface area contributed by atoms with Crippen LogP contribution in [0, 0.1) is 5.92 Å². The van der Waals surface area contributed by atoms with Gasteiger partial charge in [-0.25, -0.2) is 0 Å². The van der Waals surface area contributed by atoms with Gasteiger partial charge < -0.3 is 5.73 Å². The first-order valence-corrected chi connectivity index (χ1v) is 7.95. The zero-order valence-electron chi connectivity index (χ0n) is 12.1. The first kappa shape index (κ1) is 13.6. The van der Waals surface area contributed by atoms with Gasteiger partial charge in [0.15, 0.2) is 0 Å². The number of benzene rings is 1. The minimum absolute atomic E-state index is 0.144. The van der Waals surface area contributed by atoms with Crippen molar-refractivity contribution in [1.82, 2.24) is 4.98 Å². The van der Waals surface area contributed by atoms with Crippen molar-refractivity contribution in [1.29, 1.82) is 0 Å². The quantitative estimate of drug-likeness (QED) is 0.864. The zero-order chi connectivity index (χ0) is 13.8. The first-order valence-electron chi connectivity index (χ1n) is 7.95. The standard InChI is InChI=1S/C18H24N2/c19-18(14-8-4-2-1-3-5-9-14)16-12-15-10-6-7-11-17(15)20-13-16/h6-7,10-14,18H,1-5,8-9,19H2. The minimum Gasteiger partial charge on any atom is -0.324 e. The van der Waals surface area contributed by atoms with E-state index < -0.39 is 0 Å². The Bertz CT molecular complexity index is 556. The van der Waals surface area contributed by atoms with E-state index in [4.69, 9.17) is 5.73 Å². The maximum absolute atomic E-state index is 6.54. The number of nitrogens with two attached hydrogens (primary N) is 1. The van der Waals surface area contributed by atoms with Gasteiger partial charge in [-0.1, -0.05) is 50.3 Å². The number of aromatic nitrogens is 1. The van der Waals surface area contributed by atoms with Crippen LogP contribution >= 0.6 is 0 Å². The van der Waals surface area contributed by atoms with Gasteiger partial charge in [0.2, 0.25) is 0 Å². The van der Waals surface area contributed by atoms with E-state index in [1.807, 2.05) is 12.3 Å². The summed E-state index contributed by atoms with van der Waals surface area (Å²) in [4.78, 5) is 4.56. The lowest BCUT2D eigenvalue weighted by Gasteiger charge is -2.26. The summed E-state index contributed by atoms with van der Waals surface area (Å²) in [5, 5.41) is 1.20. The maximum atomic E-state index is 6.54. The number of nitrogens with zero attached hydrogens (tertiary/aromatic N) is 1. The average Bonchev–Trinajstić information content (AvgIpc) is 2.46. The minimum atomic E-state index is 0.144. The van der Waals surface area contributed by atoms with Gasteiger partial charge in [0.25, 0.3) is 0 Å². The summed E-state index contributed by atoms with van der Waals surface area (Å²) in [5.74, 6) is 0.623. The highest BCUT2D eigenvalue weighted by molar-refractivity contribution is 5.78. The van der Waals surface area contributed by atoms with Crippen molar-refractivity contribution in [2.24, 2.45) is 11.7 Å². The van der Waals surface area contributed by atoms with E-state index in [-0.39, 0.29) is 6.04 Å². The lowest BCUT2D eigenvalue weighted by atomic mass is 9.83. The molecule has 1 aromatic carbocycles. The van der Waals surface area contributed by atoms with Crippen LogP contribution in [-0.4, -0.2) is 4.98 Å². The van der Waals surface area contributed by atoms with Crippen molar-refractivity contribution >= 4 is 10.9 Å². The Balaban J connectivity index is 1.81. The molecule has 1 aliphatic carbocycles. The Kier molecular flexibility index (Phi) is 4.31. The average molecular weight is 268 g/mol. The van der Waals surface area contributed by atoms with Crippen molar-refractivity contribution in [3.63, 3.8) is 0 Å². The van der Waals surface area contributed by atoms with Crippen LogP contribution in [0.15, 0.2) is 36.5 Å². The molecule has 1 unspecified atom stereocenters. The lowest BCUT2D eigenvalue weighted by Crippen LogP contribution is -2.22. The van der Waals surface area contributed by atoms with E-state index in [1.54, 1.807) is 0 Å². The summed E-state index contributed by atoms with van der Waals surface area (Å²) in [6.07, 6.45) is 11.3. The van der Waals surface area contributed by atoms with Crippen LogP contribution in [-0.2, 0) is 0 Å². The van der Waals surface area contributed by atoms with E-state index in [2.05, 4.69) is 29.2 Å². The Labute approximate surface area is 121 Å². The summed E-state index contributed by atoms with van der Waals surface area (Å²) in [6.45, 7) is 0. The van der Waals surface area contributed by atoms with Crippen molar-refractivity contribution in [3.8, 4) is 0 Å². The molecular weight excluding hydrogens is 244 g/mol. The van der Waals surface area contributed by atoms with Gasteiger partial charge in [-0.05, 0) is 36.5 Å². The Hall–Kier alpha value is -1.41. The molecule has 3 rings (SSSR count). The van der Waals surface area contributed by atoms with Crippen molar-refractivity contribution in [2.45, 2.75) is 51.0 Å². The summed E-state index contributed by atoms with van der Waals surface area (Å²) in [7, 11) is 0. The van der Waals surface area contributed by atoms with Crippen LogP contribution in [0.5, 0.6) is 0 Å². The van der Waals surface area contributed by atoms with Crippen LogP contribution in [0.1, 0.15) is 56.6 Å². The topological polar surface area (TPSA) is 38.9 Å². The van der Waals surface area contributed by atoms with E-state index in [0.29, 0.717) is 5.92 Å². The predicted octanol–water partition coefficient (Wildman–Crippen LogP) is 4.60. The highest BCUT2D eigenvalue weighted by Crippen LogP contribution is 2.31. The monoisotopic (exact) mass is 268 g/mol. The largest absolute Gasteiger partial charge is 0.324 e. The van der Waals surface area contributed by atoms with Crippen LogP contribution < -0.4 is 5.73 Å². The van der Waals surface area contributed by atoms with Crippen LogP contribution in [0.4, 0.5) is 0 Å². The summed E-state index contributed by atoms with van der Waals surface area (Å²) in [5.41, 5.74) is 8.80. The Morgan fingerprint density at radius 3 is 2.50 bits per heavy atom. The molecule has 1 atom stereocenters. The van der Waals surface area contributed by atoms with Gasteiger partial charge in [0.1, 0.15) is 0 Å². The zero-order valence-corrected chi connectivity index (χ0v) is 12.1. The third kappa shape index (κ3) is 3.01. The first-order chi connectivity index (χ1) is 9.84. The molecule has 106 valence electrons. The third-order valence-electron chi connectivity index (χ3n) is 4.65. The van der Waals surface area contributed by atoms with E-state index >= 15 is 0 Å². The van der Waals surface area contributed by atoms with Gasteiger partial charge in [0.05, 0.1) is 5.52 Å². The van der Waals surface area contributed by atoms with E-state index in [9.17, 15) is 0 Å². The molecule has 0 radical (unpaired) electrons. The number of pyridine rings is 1. The SMILES string of the molecule is NC(c1cnc2ccccc2c1)C1CCCCCCC1. The lowest BCUT2D eigenvalue weighted by molar-refractivity contribution is 0.327. The molecule has 1 heterocycles. The molecule has 1 fully saturated rings.